The molecule has 168 valence electrons. The summed E-state index contributed by atoms with van der Waals surface area (Å²) < 4.78 is 10.6. The van der Waals surface area contributed by atoms with Crippen LogP contribution in [0.2, 0.25) is 10.0 Å². The molecule has 1 aliphatic rings. The van der Waals surface area contributed by atoms with Crippen molar-refractivity contribution in [2.45, 2.75) is 6.04 Å². The van der Waals surface area contributed by atoms with Crippen molar-refractivity contribution in [1.82, 2.24) is 0 Å². The highest BCUT2D eigenvalue weighted by Gasteiger charge is 2.47. The van der Waals surface area contributed by atoms with E-state index in [2.05, 4.69) is 0 Å². The number of carbonyl (C=O) groups excluding carboxylic acids is 2. The summed E-state index contributed by atoms with van der Waals surface area (Å²) >= 11 is 12.4. The molecule has 8 heteroatoms. The van der Waals surface area contributed by atoms with Crippen LogP contribution in [-0.2, 0) is 9.59 Å². The fourth-order valence-electron chi connectivity index (χ4n) is 3.87. The van der Waals surface area contributed by atoms with Crippen molar-refractivity contribution in [2.24, 2.45) is 0 Å². The topological polar surface area (TPSA) is 76.1 Å². The first-order valence-corrected chi connectivity index (χ1v) is 10.7. The van der Waals surface area contributed by atoms with Gasteiger partial charge in [0.05, 0.1) is 36.4 Å². The standard InChI is InChI=1S/C25H19Cl2NO5/c1-32-19-13-18(27)20(33-2)12-17(19)23(29)21-22(14-7-4-3-5-8-14)28(25(31)24(21)30)16-10-6-9-15(26)11-16/h3-13,22,29H,1-2H3/b23-21+. The lowest BCUT2D eigenvalue weighted by Gasteiger charge is -2.25. The Balaban J connectivity index is 1.99. The molecule has 6 nitrogen and oxygen atoms in total. The van der Waals surface area contributed by atoms with E-state index in [1.165, 1.54) is 31.3 Å². The minimum Gasteiger partial charge on any atom is -0.507 e. The van der Waals surface area contributed by atoms with E-state index in [0.29, 0.717) is 16.3 Å². The number of hydrogen-bond acceptors (Lipinski definition) is 5. The summed E-state index contributed by atoms with van der Waals surface area (Å²) in [6.45, 7) is 0. The van der Waals surface area contributed by atoms with Gasteiger partial charge in [-0.05, 0) is 29.8 Å². The van der Waals surface area contributed by atoms with E-state index in [1.54, 1.807) is 48.5 Å². The van der Waals surface area contributed by atoms with Crippen LogP contribution in [0.5, 0.6) is 11.5 Å². The van der Waals surface area contributed by atoms with Crippen molar-refractivity contribution in [3.05, 3.63) is 93.5 Å². The normalized spacial score (nSPS) is 17.3. The molecule has 1 atom stereocenters. The van der Waals surface area contributed by atoms with Gasteiger partial charge in [0, 0.05) is 16.8 Å². The molecule has 1 heterocycles. The average Bonchev–Trinajstić information content (AvgIpc) is 3.09. The molecule has 0 aliphatic carbocycles. The highest BCUT2D eigenvalue weighted by molar-refractivity contribution is 6.52. The fraction of sp³-hybridized carbons (Fsp3) is 0.120. The van der Waals surface area contributed by atoms with E-state index in [0.717, 1.165) is 0 Å². The van der Waals surface area contributed by atoms with Gasteiger partial charge in [0.2, 0.25) is 0 Å². The lowest BCUT2D eigenvalue weighted by Crippen LogP contribution is -2.29. The summed E-state index contributed by atoms with van der Waals surface area (Å²) in [5, 5.41) is 12.0. The summed E-state index contributed by atoms with van der Waals surface area (Å²) in [6, 6.07) is 17.6. The first-order valence-electron chi connectivity index (χ1n) is 9.90. The molecule has 0 radical (unpaired) electrons. The van der Waals surface area contributed by atoms with E-state index < -0.39 is 23.5 Å². The SMILES string of the molecule is COc1cc(/C(O)=C2\C(=O)C(=O)N(c3cccc(Cl)c3)C2c2ccccc2)c(OC)cc1Cl. The fourth-order valence-corrected chi connectivity index (χ4v) is 4.28. The highest BCUT2D eigenvalue weighted by atomic mass is 35.5. The number of aliphatic hydroxyl groups excluding tert-OH is 1. The zero-order valence-corrected chi connectivity index (χ0v) is 19.2. The van der Waals surface area contributed by atoms with Crippen LogP contribution in [0.1, 0.15) is 17.2 Å². The zero-order valence-electron chi connectivity index (χ0n) is 17.7. The van der Waals surface area contributed by atoms with E-state index in [1.807, 2.05) is 6.07 Å². The Bertz CT molecular complexity index is 1270. The number of methoxy groups -OCH3 is 2. The molecule has 3 aromatic carbocycles. The molecule has 0 bridgehead atoms. The lowest BCUT2D eigenvalue weighted by atomic mass is 9.94. The largest absolute Gasteiger partial charge is 0.507 e. The predicted molar refractivity (Wildman–Crippen MR) is 127 cm³/mol. The molecule has 1 fully saturated rings. The van der Waals surface area contributed by atoms with Gasteiger partial charge < -0.3 is 14.6 Å². The molecule has 0 aromatic heterocycles. The Hall–Kier alpha value is -3.48. The highest BCUT2D eigenvalue weighted by Crippen LogP contribution is 2.44. The molecular weight excluding hydrogens is 465 g/mol. The number of ether oxygens (including phenoxy) is 2. The number of aliphatic hydroxyl groups is 1. The van der Waals surface area contributed by atoms with Gasteiger partial charge in [-0.3, -0.25) is 14.5 Å². The molecule has 4 rings (SSSR count). The monoisotopic (exact) mass is 483 g/mol. The quantitative estimate of drug-likeness (QED) is 0.288. The Kier molecular flexibility index (Phi) is 6.31. The van der Waals surface area contributed by atoms with Crippen LogP contribution < -0.4 is 14.4 Å². The second kappa shape index (κ2) is 9.17. The maximum Gasteiger partial charge on any atom is 0.300 e. The Morgan fingerprint density at radius 1 is 0.909 bits per heavy atom. The number of halogens is 2. The third-order valence-electron chi connectivity index (χ3n) is 5.38. The third kappa shape index (κ3) is 4.03. The Labute approximate surface area is 200 Å². The van der Waals surface area contributed by atoms with Gasteiger partial charge >= 0.3 is 0 Å². The van der Waals surface area contributed by atoms with Crippen LogP contribution in [0.3, 0.4) is 0 Å². The van der Waals surface area contributed by atoms with E-state index >= 15 is 0 Å². The van der Waals surface area contributed by atoms with Gasteiger partial charge in [-0.25, -0.2) is 0 Å². The van der Waals surface area contributed by atoms with Gasteiger partial charge in [-0.2, -0.15) is 0 Å². The maximum absolute atomic E-state index is 13.3. The van der Waals surface area contributed by atoms with Crippen LogP contribution in [0.25, 0.3) is 5.76 Å². The molecule has 1 amide bonds. The van der Waals surface area contributed by atoms with Gasteiger partial charge in [0.25, 0.3) is 11.7 Å². The average molecular weight is 484 g/mol. The summed E-state index contributed by atoms with van der Waals surface area (Å²) in [5.41, 5.74) is 1.15. The number of Topliss-reactive ketones (excluding diaryl/α,β-unsaturated/α-hetero) is 1. The number of anilines is 1. The molecule has 33 heavy (non-hydrogen) atoms. The van der Waals surface area contributed by atoms with Crippen LogP contribution in [-0.4, -0.2) is 31.0 Å². The number of nitrogens with zero attached hydrogens (tertiary/aromatic N) is 1. The molecule has 1 aliphatic heterocycles. The number of rotatable bonds is 5. The number of amides is 1. The molecule has 1 unspecified atom stereocenters. The molecule has 1 saturated heterocycles. The van der Waals surface area contributed by atoms with Gasteiger partial charge in [0.1, 0.15) is 17.3 Å². The maximum atomic E-state index is 13.3. The molecular formula is C25H19Cl2NO5. The molecule has 0 saturated carbocycles. The van der Waals surface area contributed by atoms with Crippen LogP contribution in [0.4, 0.5) is 5.69 Å². The van der Waals surface area contributed by atoms with Crippen molar-refractivity contribution in [1.29, 1.82) is 0 Å². The number of hydrogen-bond donors (Lipinski definition) is 1. The zero-order chi connectivity index (χ0) is 23.7. The van der Waals surface area contributed by atoms with Crippen LogP contribution in [0.15, 0.2) is 72.3 Å². The van der Waals surface area contributed by atoms with Crippen LogP contribution >= 0.6 is 23.2 Å². The van der Waals surface area contributed by atoms with Crippen LogP contribution in [0, 0.1) is 0 Å². The molecule has 0 spiro atoms. The van der Waals surface area contributed by atoms with Crippen molar-refractivity contribution in [3.63, 3.8) is 0 Å². The van der Waals surface area contributed by atoms with E-state index in [4.69, 9.17) is 32.7 Å². The van der Waals surface area contributed by atoms with Crippen molar-refractivity contribution in [2.75, 3.05) is 19.1 Å². The minimum atomic E-state index is -0.893. The summed E-state index contributed by atoms with van der Waals surface area (Å²) in [7, 11) is 2.84. The smallest absolute Gasteiger partial charge is 0.300 e. The second-order valence-corrected chi connectivity index (χ2v) is 8.09. The Morgan fingerprint density at radius 3 is 2.24 bits per heavy atom. The second-order valence-electron chi connectivity index (χ2n) is 7.25. The van der Waals surface area contributed by atoms with Gasteiger partial charge in [-0.15, -0.1) is 0 Å². The van der Waals surface area contributed by atoms with E-state index in [9.17, 15) is 14.7 Å². The summed E-state index contributed by atoms with van der Waals surface area (Å²) in [4.78, 5) is 27.8. The Morgan fingerprint density at radius 2 is 1.61 bits per heavy atom. The molecule has 3 aromatic rings. The number of ketones is 1. The third-order valence-corrected chi connectivity index (χ3v) is 5.91. The molecule has 1 N–H and O–H groups in total. The first kappa shape index (κ1) is 22.7. The predicted octanol–water partition coefficient (Wildman–Crippen LogP) is 5.64. The van der Waals surface area contributed by atoms with Crippen molar-refractivity contribution >= 4 is 46.3 Å². The van der Waals surface area contributed by atoms with Crippen molar-refractivity contribution < 1.29 is 24.2 Å². The summed E-state index contributed by atoms with van der Waals surface area (Å²) in [6.07, 6.45) is 0. The first-order chi connectivity index (χ1) is 15.9. The van der Waals surface area contributed by atoms with Gasteiger partial charge in [-0.1, -0.05) is 59.6 Å². The lowest BCUT2D eigenvalue weighted by molar-refractivity contribution is -0.132. The van der Waals surface area contributed by atoms with Gasteiger partial charge in [0.15, 0.2) is 0 Å². The van der Waals surface area contributed by atoms with Crippen molar-refractivity contribution in [3.8, 4) is 11.5 Å². The number of carbonyl (C=O) groups is 2. The van der Waals surface area contributed by atoms with E-state index in [-0.39, 0.29) is 27.7 Å². The number of benzene rings is 3. The summed E-state index contributed by atoms with van der Waals surface area (Å²) in [5.74, 6) is -1.53. The minimum absolute atomic E-state index is 0.0890.